The van der Waals surface area contributed by atoms with E-state index >= 15 is 0 Å². The molecule has 0 unspecified atom stereocenters. The Morgan fingerprint density at radius 3 is 1.44 bits per heavy atom. The van der Waals surface area contributed by atoms with Gasteiger partial charge in [0.15, 0.2) is 0 Å². The number of hydrogen-bond donors (Lipinski definition) is 1. The van der Waals surface area contributed by atoms with Gasteiger partial charge in [0.05, 0.1) is 24.2 Å². The Morgan fingerprint density at radius 2 is 1.04 bits per heavy atom. The Bertz CT molecular complexity index is 811. The number of fused-ring (bicyclic) bond motifs is 6. The van der Waals surface area contributed by atoms with Crippen LogP contribution < -0.4 is 5.32 Å². The summed E-state index contributed by atoms with van der Waals surface area (Å²) in [6.45, 7) is 0. The molecule has 1 saturated carbocycles. The van der Waals surface area contributed by atoms with Gasteiger partial charge in [-0.3, -0.25) is 9.59 Å². The van der Waals surface area contributed by atoms with Crippen LogP contribution in [0.4, 0.5) is 0 Å². The van der Waals surface area contributed by atoms with Gasteiger partial charge in [-0.25, -0.2) is 0 Å². The average molecular weight is 331 g/mol. The molecule has 4 aliphatic rings. The summed E-state index contributed by atoms with van der Waals surface area (Å²) < 4.78 is 0. The molecule has 4 fully saturated rings. The zero-order chi connectivity index (χ0) is 16.7. The van der Waals surface area contributed by atoms with E-state index in [1.807, 2.05) is 70.5 Å². The molecule has 3 saturated heterocycles. The van der Waals surface area contributed by atoms with Gasteiger partial charge in [0.25, 0.3) is 11.8 Å². The third-order valence-electron chi connectivity index (χ3n) is 6.06. The lowest BCUT2D eigenvalue weighted by Gasteiger charge is -2.06. The van der Waals surface area contributed by atoms with Crippen molar-refractivity contribution in [1.29, 1.82) is 0 Å². The standard InChI is InChI=1S/C20H17N3O2/c24-19(11-7-3-1-4-8-11)22-15-13-14(21-13)16-18(17(15)22)23(16)20(25)12-9-5-2-6-10-12/h1-10,13-18,21H/t13-,14+,15-,16+,17-,18+,22?,23?. The minimum absolute atomic E-state index is 0.0858. The molecule has 1 aliphatic carbocycles. The van der Waals surface area contributed by atoms with Crippen LogP contribution in [-0.4, -0.2) is 57.9 Å². The van der Waals surface area contributed by atoms with Gasteiger partial charge in [0.2, 0.25) is 0 Å². The highest BCUT2D eigenvalue weighted by Gasteiger charge is 2.80. The second-order valence-corrected chi connectivity index (χ2v) is 7.34. The van der Waals surface area contributed by atoms with Crippen LogP contribution >= 0.6 is 0 Å². The van der Waals surface area contributed by atoms with Crippen molar-refractivity contribution in [3.63, 3.8) is 0 Å². The first kappa shape index (κ1) is 13.6. The fourth-order valence-electron chi connectivity index (χ4n) is 4.83. The van der Waals surface area contributed by atoms with Gasteiger partial charge < -0.3 is 15.1 Å². The highest BCUT2D eigenvalue weighted by atomic mass is 16.2. The van der Waals surface area contributed by atoms with Crippen LogP contribution in [0.15, 0.2) is 60.7 Å². The number of benzene rings is 2. The van der Waals surface area contributed by atoms with E-state index in [4.69, 9.17) is 0 Å². The van der Waals surface area contributed by atoms with Crippen LogP contribution in [0.25, 0.3) is 0 Å². The third-order valence-corrected chi connectivity index (χ3v) is 6.06. The Kier molecular flexibility index (Phi) is 2.44. The van der Waals surface area contributed by atoms with Crippen LogP contribution in [0.1, 0.15) is 20.7 Å². The van der Waals surface area contributed by atoms with Gasteiger partial charge in [-0.1, -0.05) is 36.4 Å². The molecule has 0 aromatic heterocycles. The summed E-state index contributed by atoms with van der Waals surface area (Å²) >= 11 is 0. The Labute approximate surface area is 145 Å². The number of rotatable bonds is 2. The fraction of sp³-hybridized carbons (Fsp3) is 0.300. The summed E-state index contributed by atoms with van der Waals surface area (Å²) in [5.41, 5.74) is 1.46. The lowest BCUT2D eigenvalue weighted by Crippen LogP contribution is -2.21. The molecule has 3 heterocycles. The van der Waals surface area contributed by atoms with E-state index < -0.39 is 0 Å². The lowest BCUT2D eigenvalue weighted by atomic mass is 10.0. The predicted octanol–water partition coefficient (Wildman–Crippen LogP) is 1.13. The number of hydrogen-bond acceptors (Lipinski definition) is 3. The summed E-state index contributed by atoms with van der Waals surface area (Å²) in [6.07, 6.45) is 0. The molecule has 25 heavy (non-hydrogen) atoms. The van der Waals surface area contributed by atoms with E-state index in [1.54, 1.807) is 0 Å². The summed E-state index contributed by atoms with van der Waals surface area (Å²) in [4.78, 5) is 29.6. The summed E-state index contributed by atoms with van der Waals surface area (Å²) in [5, 5.41) is 3.50. The molecule has 0 spiro atoms. The van der Waals surface area contributed by atoms with Gasteiger partial charge >= 0.3 is 0 Å². The van der Waals surface area contributed by atoms with Crippen molar-refractivity contribution in [3.8, 4) is 0 Å². The second-order valence-electron chi connectivity index (χ2n) is 7.34. The largest absolute Gasteiger partial charge is 0.325 e. The molecule has 2 amide bonds. The van der Waals surface area contributed by atoms with Gasteiger partial charge in [-0.05, 0) is 24.3 Å². The average Bonchev–Trinajstić information content (AvgIpc) is 3.52. The van der Waals surface area contributed by atoms with E-state index in [0.29, 0.717) is 12.1 Å². The van der Waals surface area contributed by atoms with E-state index in [-0.39, 0.29) is 36.0 Å². The number of likely N-dealkylation sites (tertiary alicyclic amines) is 2. The van der Waals surface area contributed by atoms with Crippen molar-refractivity contribution in [2.75, 3.05) is 0 Å². The normalized spacial score (nSPS) is 36.0. The van der Waals surface area contributed by atoms with Crippen molar-refractivity contribution in [1.82, 2.24) is 15.1 Å². The molecular weight excluding hydrogens is 314 g/mol. The van der Waals surface area contributed by atoms with Crippen molar-refractivity contribution >= 4 is 11.8 Å². The van der Waals surface area contributed by atoms with Gasteiger partial charge in [0.1, 0.15) is 0 Å². The van der Waals surface area contributed by atoms with Crippen molar-refractivity contribution in [3.05, 3.63) is 71.8 Å². The highest BCUT2D eigenvalue weighted by molar-refractivity contribution is 5.99. The maximum atomic E-state index is 12.8. The third kappa shape index (κ3) is 1.76. The van der Waals surface area contributed by atoms with E-state index in [2.05, 4.69) is 5.32 Å². The number of amides is 2. The van der Waals surface area contributed by atoms with Crippen LogP contribution in [0.2, 0.25) is 0 Å². The predicted molar refractivity (Wildman–Crippen MR) is 91.1 cm³/mol. The number of carbonyl (C=O) groups is 2. The van der Waals surface area contributed by atoms with Crippen molar-refractivity contribution in [2.24, 2.45) is 0 Å². The molecule has 5 heteroatoms. The quantitative estimate of drug-likeness (QED) is 0.839. The zero-order valence-electron chi connectivity index (χ0n) is 13.4. The number of nitrogens with zero attached hydrogens (tertiary/aromatic N) is 2. The van der Waals surface area contributed by atoms with Gasteiger partial charge in [-0.15, -0.1) is 0 Å². The summed E-state index contributed by atoms with van der Waals surface area (Å²) in [7, 11) is 0. The Balaban J connectivity index is 1.28. The molecule has 1 N–H and O–H groups in total. The summed E-state index contributed by atoms with van der Waals surface area (Å²) in [6, 6.07) is 20.4. The number of nitrogens with one attached hydrogen (secondary N) is 1. The van der Waals surface area contributed by atoms with Crippen LogP contribution in [0, 0.1) is 0 Å². The lowest BCUT2D eigenvalue weighted by molar-refractivity contribution is 0.0832. The van der Waals surface area contributed by atoms with Crippen molar-refractivity contribution < 1.29 is 9.59 Å². The zero-order valence-corrected chi connectivity index (χ0v) is 13.4. The Morgan fingerprint density at radius 1 is 0.640 bits per heavy atom. The molecule has 2 aromatic rings. The first-order valence-electron chi connectivity index (χ1n) is 8.79. The van der Waals surface area contributed by atoms with Crippen molar-refractivity contribution in [2.45, 2.75) is 36.3 Å². The SMILES string of the molecule is O=C(c1ccccc1)N1[C@H]2[C@@H]3[C@H]([C@H]4N[C@H]4[C@H]21)N3C(=O)c1ccccc1. The Hall–Kier alpha value is -2.66. The minimum atomic E-state index is 0.0858. The highest BCUT2D eigenvalue weighted by Crippen LogP contribution is 2.57. The first-order chi connectivity index (χ1) is 12.3. The molecule has 0 bridgehead atoms. The molecule has 0 radical (unpaired) electrons. The van der Waals surface area contributed by atoms with Gasteiger partial charge in [0, 0.05) is 23.2 Å². The van der Waals surface area contributed by atoms with Crippen LogP contribution in [0.5, 0.6) is 0 Å². The number of carbonyl (C=O) groups excluding carboxylic acids is 2. The maximum Gasteiger partial charge on any atom is 0.254 e. The molecule has 6 atom stereocenters. The molecule has 5 nitrogen and oxygen atoms in total. The minimum Gasteiger partial charge on any atom is -0.325 e. The van der Waals surface area contributed by atoms with Gasteiger partial charge in [-0.2, -0.15) is 0 Å². The van der Waals surface area contributed by atoms with E-state index in [1.165, 1.54) is 0 Å². The first-order valence-corrected chi connectivity index (χ1v) is 8.79. The molecule has 3 aliphatic heterocycles. The summed E-state index contributed by atoms with van der Waals surface area (Å²) in [5.74, 6) is 0.172. The second kappa shape index (κ2) is 4.49. The topological polar surface area (TPSA) is 62.1 Å². The maximum absolute atomic E-state index is 12.8. The fourth-order valence-corrected chi connectivity index (χ4v) is 4.83. The van der Waals surface area contributed by atoms with E-state index in [9.17, 15) is 9.59 Å². The van der Waals surface area contributed by atoms with E-state index in [0.717, 1.165) is 11.1 Å². The molecule has 2 aromatic carbocycles. The molecule has 124 valence electrons. The monoisotopic (exact) mass is 331 g/mol. The molecular formula is C20H17N3O2. The van der Waals surface area contributed by atoms with Crippen LogP contribution in [0.3, 0.4) is 0 Å². The van der Waals surface area contributed by atoms with Crippen LogP contribution in [-0.2, 0) is 0 Å². The smallest absolute Gasteiger partial charge is 0.254 e. The molecule has 6 rings (SSSR count).